The maximum atomic E-state index is 13.8. The highest BCUT2D eigenvalue weighted by Crippen LogP contribution is 2.36. The Labute approximate surface area is 156 Å². The molecule has 0 radical (unpaired) electrons. The van der Waals surface area contributed by atoms with Crippen LogP contribution in [0.15, 0.2) is 18.2 Å². The predicted octanol–water partition coefficient (Wildman–Crippen LogP) is 4.12. The number of rotatable bonds is 3. The van der Waals surface area contributed by atoms with Gasteiger partial charge in [0, 0.05) is 32.6 Å². The topological polar surface area (TPSA) is 35.6 Å². The monoisotopic (exact) mass is 361 g/mol. The number of nitrogens with zero attached hydrogens (tertiary/aromatic N) is 2. The maximum absolute atomic E-state index is 13.8. The first-order chi connectivity index (χ1) is 12.2. The highest BCUT2D eigenvalue weighted by atomic mass is 19.1. The van der Waals surface area contributed by atoms with Gasteiger partial charge in [0.25, 0.3) is 0 Å². The van der Waals surface area contributed by atoms with Crippen LogP contribution in [-0.2, 0) is 4.79 Å². The Hall–Kier alpha value is -1.62. The summed E-state index contributed by atoms with van der Waals surface area (Å²) in [6.45, 7) is 12.7. The van der Waals surface area contributed by atoms with E-state index in [1.807, 2.05) is 0 Å². The molecular weight excluding hydrogens is 329 g/mol. The Morgan fingerprint density at radius 2 is 1.85 bits per heavy atom. The van der Waals surface area contributed by atoms with E-state index >= 15 is 0 Å². The summed E-state index contributed by atoms with van der Waals surface area (Å²) < 4.78 is 13.8. The number of carbonyl (C=O) groups excluding carboxylic acids is 1. The zero-order valence-corrected chi connectivity index (χ0v) is 16.5. The van der Waals surface area contributed by atoms with Crippen LogP contribution in [0.5, 0.6) is 0 Å². The molecule has 4 nitrogen and oxygen atoms in total. The van der Waals surface area contributed by atoms with Crippen LogP contribution in [0.25, 0.3) is 0 Å². The number of piperidine rings is 1. The predicted molar refractivity (Wildman–Crippen MR) is 105 cm³/mol. The van der Waals surface area contributed by atoms with Crippen LogP contribution in [0, 0.1) is 17.2 Å². The summed E-state index contributed by atoms with van der Waals surface area (Å²) in [5, 5.41) is 2.83. The van der Waals surface area contributed by atoms with Crippen molar-refractivity contribution in [2.75, 3.05) is 36.4 Å². The molecule has 0 saturated carbocycles. The van der Waals surface area contributed by atoms with Crippen molar-refractivity contribution in [1.82, 2.24) is 4.90 Å². The molecule has 0 aromatic heterocycles. The van der Waals surface area contributed by atoms with Crippen molar-refractivity contribution in [2.24, 2.45) is 11.3 Å². The van der Waals surface area contributed by atoms with Crippen LogP contribution in [0.1, 0.15) is 47.0 Å². The van der Waals surface area contributed by atoms with E-state index in [-0.39, 0.29) is 11.7 Å². The number of benzene rings is 1. The molecule has 2 saturated heterocycles. The van der Waals surface area contributed by atoms with E-state index < -0.39 is 0 Å². The van der Waals surface area contributed by atoms with Crippen molar-refractivity contribution in [3.8, 4) is 0 Å². The van der Waals surface area contributed by atoms with Gasteiger partial charge in [-0.3, -0.25) is 9.69 Å². The van der Waals surface area contributed by atoms with Gasteiger partial charge in [0.2, 0.25) is 5.91 Å². The van der Waals surface area contributed by atoms with Crippen LogP contribution < -0.4 is 10.2 Å². The Bertz CT molecular complexity index is 647. The summed E-state index contributed by atoms with van der Waals surface area (Å²) in [5.41, 5.74) is 1.88. The van der Waals surface area contributed by atoms with E-state index in [4.69, 9.17) is 0 Å². The van der Waals surface area contributed by atoms with Crippen molar-refractivity contribution in [2.45, 2.75) is 53.0 Å². The number of halogens is 1. The number of hydrogen-bond acceptors (Lipinski definition) is 3. The molecule has 0 spiro atoms. The van der Waals surface area contributed by atoms with Gasteiger partial charge in [-0.25, -0.2) is 4.39 Å². The van der Waals surface area contributed by atoms with Gasteiger partial charge in [-0.05, 0) is 55.3 Å². The first kappa shape index (κ1) is 19.2. The Kier molecular flexibility index (Phi) is 5.56. The van der Waals surface area contributed by atoms with Crippen molar-refractivity contribution in [1.29, 1.82) is 0 Å². The molecule has 1 amide bonds. The number of nitrogens with one attached hydrogen (secondary N) is 1. The van der Waals surface area contributed by atoms with E-state index in [1.54, 1.807) is 6.07 Å². The van der Waals surface area contributed by atoms with Gasteiger partial charge >= 0.3 is 0 Å². The summed E-state index contributed by atoms with van der Waals surface area (Å²) >= 11 is 0. The highest BCUT2D eigenvalue weighted by Gasteiger charge is 2.35. The molecule has 2 fully saturated rings. The zero-order valence-electron chi connectivity index (χ0n) is 16.5. The summed E-state index contributed by atoms with van der Waals surface area (Å²) in [5.74, 6) is 0.386. The van der Waals surface area contributed by atoms with Gasteiger partial charge in [-0.15, -0.1) is 0 Å². The third-order valence-electron chi connectivity index (χ3n) is 6.04. The average molecular weight is 362 g/mol. The van der Waals surface area contributed by atoms with Crippen molar-refractivity contribution in [3.63, 3.8) is 0 Å². The van der Waals surface area contributed by atoms with Crippen LogP contribution in [0.4, 0.5) is 15.8 Å². The minimum atomic E-state index is -0.260. The lowest BCUT2D eigenvalue weighted by Crippen LogP contribution is -2.44. The maximum Gasteiger partial charge on any atom is 0.221 e. The standard InChI is InChI=1S/C21H32FN3O/c1-15(26)23-19-6-5-17(22)13-20(19)24-11-8-18(9-12-24)25-10-7-16(14-25)21(2,3)4/h5-6,13,16,18H,7-12,14H2,1-4H3,(H,23,26). The molecule has 2 aliphatic heterocycles. The smallest absolute Gasteiger partial charge is 0.221 e. The average Bonchev–Trinajstić information content (AvgIpc) is 3.07. The molecule has 1 atom stereocenters. The molecular formula is C21H32FN3O. The third-order valence-corrected chi connectivity index (χ3v) is 6.04. The van der Waals surface area contributed by atoms with Gasteiger partial charge in [-0.1, -0.05) is 20.8 Å². The van der Waals surface area contributed by atoms with Gasteiger partial charge in [0.1, 0.15) is 5.82 Å². The van der Waals surface area contributed by atoms with Crippen LogP contribution in [-0.4, -0.2) is 43.0 Å². The molecule has 2 heterocycles. The van der Waals surface area contributed by atoms with Crippen LogP contribution >= 0.6 is 0 Å². The summed E-state index contributed by atoms with van der Waals surface area (Å²) in [4.78, 5) is 16.3. The molecule has 1 aromatic rings. The highest BCUT2D eigenvalue weighted by molar-refractivity contribution is 5.92. The van der Waals surface area contributed by atoms with Gasteiger partial charge in [0.05, 0.1) is 11.4 Å². The molecule has 1 unspecified atom stereocenters. The SMILES string of the molecule is CC(=O)Nc1ccc(F)cc1N1CCC(N2CCC(C(C)(C)C)C2)CC1. The lowest BCUT2D eigenvalue weighted by Gasteiger charge is -2.39. The molecule has 144 valence electrons. The van der Waals surface area contributed by atoms with Gasteiger partial charge < -0.3 is 10.2 Å². The summed E-state index contributed by atoms with van der Waals surface area (Å²) in [7, 11) is 0. The molecule has 0 bridgehead atoms. The van der Waals surface area contributed by atoms with E-state index in [9.17, 15) is 9.18 Å². The Morgan fingerprint density at radius 1 is 1.15 bits per heavy atom. The van der Waals surface area contributed by atoms with Gasteiger partial charge in [0.15, 0.2) is 0 Å². The summed E-state index contributed by atoms with van der Waals surface area (Å²) in [6, 6.07) is 5.22. The Balaban J connectivity index is 1.63. The molecule has 1 N–H and O–H groups in total. The first-order valence-electron chi connectivity index (χ1n) is 9.80. The fraction of sp³-hybridized carbons (Fsp3) is 0.667. The second-order valence-electron chi connectivity index (χ2n) is 8.91. The van der Waals surface area contributed by atoms with E-state index in [0.717, 1.165) is 37.5 Å². The number of hydrogen-bond donors (Lipinski definition) is 1. The number of amides is 1. The normalized spacial score (nSPS) is 22.7. The lowest BCUT2D eigenvalue weighted by molar-refractivity contribution is -0.114. The first-order valence-corrected chi connectivity index (χ1v) is 9.80. The molecule has 5 heteroatoms. The zero-order chi connectivity index (χ0) is 18.9. The number of carbonyl (C=O) groups is 1. The van der Waals surface area contributed by atoms with Crippen LogP contribution in [0.2, 0.25) is 0 Å². The largest absolute Gasteiger partial charge is 0.370 e. The van der Waals surface area contributed by atoms with E-state index in [1.165, 1.54) is 38.6 Å². The summed E-state index contributed by atoms with van der Waals surface area (Å²) in [6.07, 6.45) is 3.47. The molecule has 0 aliphatic carbocycles. The minimum absolute atomic E-state index is 0.127. The molecule has 2 aliphatic rings. The second kappa shape index (κ2) is 7.55. The molecule has 26 heavy (non-hydrogen) atoms. The van der Waals surface area contributed by atoms with Crippen molar-refractivity contribution >= 4 is 17.3 Å². The number of likely N-dealkylation sites (tertiary alicyclic amines) is 1. The van der Waals surface area contributed by atoms with Gasteiger partial charge in [-0.2, -0.15) is 0 Å². The van der Waals surface area contributed by atoms with Crippen molar-refractivity contribution < 1.29 is 9.18 Å². The quantitative estimate of drug-likeness (QED) is 0.880. The van der Waals surface area contributed by atoms with Crippen molar-refractivity contribution in [3.05, 3.63) is 24.0 Å². The fourth-order valence-corrected chi connectivity index (χ4v) is 4.36. The van der Waals surface area contributed by atoms with E-state index in [2.05, 4.69) is 35.9 Å². The molecule has 3 rings (SSSR count). The van der Waals surface area contributed by atoms with Crippen LogP contribution in [0.3, 0.4) is 0 Å². The lowest BCUT2D eigenvalue weighted by atomic mass is 9.80. The minimum Gasteiger partial charge on any atom is -0.370 e. The third kappa shape index (κ3) is 4.37. The second-order valence-corrected chi connectivity index (χ2v) is 8.91. The van der Waals surface area contributed by atoms with E-state index in [0.29, 0.717) is 17.1 Å². The fourth-order valence-electron chi connectivity index (χ4n) is 4.36. The Morgan fingerprint density at radius 3 is 2.42 bits per heavy atom. The number of anilines is 2. The molecule has 1 aromatic carbocycles.